The number of amides is 2. The van der Waals surface area contributed by atoms with Crippen LogP contribution in [0.5, 0.6) is 0 Å². The molecule has 1 aliphatic carbocycles. The predicted octanol–water partition coefficient (Wildman–Crippen LogP) is 4.77. The molecule has 5 rings (SSSR count). The van der Waals surface area contributed by atoms with Crippen LogP contribution in [0.3, 0.4) is 0 Å². The summed E-state index contributed by atoms with van der Waals surface area (Å²) < 4.78 is 44.5. The van der Waals surface area contributed by atoms with Crippen molar-refractivity contribution in [2.24, 2.45) is 5.73 Å². The van der Waals surface area contributed by atoms with Crippen molar-refractivity contribution in [3.63, 3.8) is 0 Å². The molecular weight excluding hydrogens is 479 g/mol. The largest absolute Gasteiger partial charge is 0.416 e. The molecule has 3 heterocycles. The van der Waals surface area contributed by atoms with Crippen LogP contribution in [0.25, 0.3) is 0 Å². The molecule has 2 N–H and O–H groups in total. The van der Waals surface area contributed by atoms with Gasteiger partial charge in [-0.15, -0.1) is 0 Å². The lowest BCUT2D eigenvalue weighted by atomic mass is 9.93. The zero-order valence-corrected chi connectivity index (χ0v) is 20.0. The van der Waals surface area contributed by atoms with Crippen LogP contribution in [0.1, 0.15) is 77.2 Å². The predicted molar refractivity (Wildman–Crippen MR) is 126 cm³/mol. The van der Waals surface area contributed by atoms with E-state index in [1.54, 1.807) is 17.2 Å². The lowest BCUT2D eigenvalue weighted by molar-refractivity contribution is -0.138. The molecule has 1 aromatic heterocycles. The fourth-order valence-corrected chi connectivity index (χ4v) is 6.02. The standard InChI is InChI=1S/C24H28F3N5O2S/c25-24(26,27)20-4-2-1-3-18(20)16-7-10-30(14-16)22(33)19-13-29-32(21(19)15-5-6-15)17-8-11-31(12-9-17)35-23(28)34/h1-4,13,15-17H,5-12,14H2,(H2,28,34). The molecule has 1 saturated carbocycles. The smallest absolute Gasteiger partial charge is 0.359 e. The molecule has 11 heteroatoms. The molecule has 0 spiro atoms. The molecule has 1 atom stereocenters. The van der Waals surface area contributed by atoms with Gasteiger partial charge in [-0.25, -0.2) is 4.31 Å². The van der Waals surface area contributed by atoms with Gasteiger partial charge in [0.1, 0.15) is 0 Å². The summed E-state index contributed by atoms with van der Waals surface area (Å²) in [6.45, 7) is 2.10. The molecule has 2 amide bonds. The van der Waals surface area contributed by atoms with Gasteiger partial charge in [0.15, 0.2) is 0 Å². The Bertz CT molecular complexity index is 1110. The lowest BCUT2D eigenvalue weighted by Gasteiger charge is -2.31. The number of nitrogens with zero attached hydrogens (tertiary/aromatic N) is 4. The van der Waals surface area contributed by atoms with Gasteiger partial charge in [-0.2, -0.15) is 18.3 Å². The first-order valence-corrected chi connectivity index (χ1v) is 12.7. The Morgan fingerprint density at radius 3 is 2.37 bits per heavy atom. The summed E-state index contributed by atoms with van der Waals surface area (Å²) in [6, 6.07) is 5.80. The second-order valence-electron chi connectivity index (χ2n) is 9.55. The Morgan fingerprint density at radius 2 is 1.71 bits per heavy atom. The first kappa shape index (κ1) is 24.2. The monoisotopic (exact) mass is 507 g/mol. The van der Waals surface area contributed by atoms with Crippen LogP contribution in [0, 0.1) is 0 Å². The van der Waals surface area contributed by atoms with Crippen molar-refractivity contribution >= 4 is 23.1 Å². The van der Waals surface area contributed by atoms with Crippen molar-refractivity contribution in [2.75, 3.05) is 26.2 Å². The molecule has 2 aromatic rings. The van der Waals surface area contributed by atoms with Crippen molar-refractivity contribution in [1.82, 2.24) is 19.0 Å². The van der Waals surface area contributed by atoms with Crippen LogP contribution in [0.4, 0.5) is 18.0 Å². The number of aromatic nitrogens is 2. The molecule has 3 aliphatic rings. The minimum Gasteiger partial charge on any atom is -0.359 e. The second kappa shape index (κ2) is 9.50. The van der Waals surface area contributed by atoms with Gasteiger partial charge in [0.05, 0.1) is 29.1 Å². The molecule has 2 saturated heterocycles. The molecule has 7 nitrogen and oxygen atoms in total. The molecule has 3 fully saturated rings. The SMILES string of the molecule is NC(=O)SN1CCC(n2ncc(C(=O)N3CCC(c4ccccc4C(F)(F)F)C3)c2C2CC2)CC1. The third kappa shape index (κ3) is 5.06. The van der Waals surface area contributed by atoms with Crippen molar-refractivity contribution in [3.8, 4) is 0 Å². The number of carbonyl (C=O) groups excluding carboxylic acids is 2. The van der Waals surface area contributed by atoms with Gasteiger partial charge in [0.25, 0.3) is 11.1 Å². The number of benzene rings is 1. The van der Waals surface area contributed by atoms with E-state index in [2.05, 4.69) is 5.10 Å². The third-order valence-corrected chi connectivity index (χ3v) is 8.00. The number of halogens is 3. The molecular formula is C24H28F3N5O2S. The number of rotatable bonds is 5. The van der Waals surface area contributed by atoms with Gasteiger partial charge in [-0.3, -0.25) is 14.3 Å². The summed E-state index contributed by atoms with van der Waals surface area (Å²) >= 11 is 1.03. The average molecular weight is 508 g/mol. The van der Waals surface area contributed by atoms with Crippen LogP contribution in [-0.4, -0.2) is 56.3 Å². The van der Waals surface area contributed by atoms with Gasteiger partial charge in [0.2, 0.25) is 0 Å². The highest BCUT2D eigenvalue weighted by Gasteiger charge is 2.40. The Labute approximate surface area is 205 Å². The van der Waals surface area contributed by atoms with E-state index < -0.39 is 17.0 Å². The number of likely N-dealkylation sites (tertiary alicyclic amines) is 1. The van der Waals surface area contributed by atoms with E-state index in [4.69, 9.17) is 5.73 Å². The number of alkyl halides is 3. The van der Waals surface area contributed by atoms with Crippen LogP contribution < -0.4 is 5.73 Å². The normalized spacial score (nSPS) is 22.0. The van der Waals surface area contributed by atoms with Crippen molar-refractivity contribution in [3.05, 3.63) is 52.8 Å². The maximum atomic E-state index is 13.5. The van der Waals surface area contributed by atoms with Crippen LogP contribution in [0.2, 0.25) is 0 Å². The fourth-order valence-electron chi connectivity index (χ4n) is 5.38. The maximum absolute atomic E-state index is 13.5. The Kier molecular flexibility index (Phi) is 6.56. The highest BCUT2D eigenvalue weighted by Crippen LogP contribution is 2.44. The highest BCUT2D eigenvalue weighted by molar-refractivity contribution is 8.11. The molecule has 1 aromatic carbocycles. The van der Waals surface area contributed by atoms with E-state index >= 15 is 0 Å². The number of carbonyl (C=O) groups is 2. The van der Waals surface area contributed by atoms with Crippen molar-refractivity contribution in [1.29, 1.82) is 0 Å². The third-order valence-electron chi connectivity index (χ3n) is 7.20. The molecule has 0 bridgehead atoms. The van der Waals surface area contributed by atoms with E-state index in [1.807, 2.05) is 8.99 Å². The second-order valence-corrected chi connectivity index (χ2v) is 10.7. The molecule has 0 radical (unpaired) electrons. The Balaban J connectivity index is 1.32. The summed E-state index contributed by atoms with van der Waals surface area (Å²) in [5.41, 5.74) is 6.45. The molecule has 35 heavy (non-hydrogen) atoms. The molecule has 1 unspecified atom stereocenters. The van der Waals surface area contributed by atoms with Crippen LogP contribution >= 0.6 is 11.9 Å². The quantitative estimate of drug-likeness (QED) is 0.590. The summed E-state index contributed by atoms with van der Waals surface area (Å²) in [7, 11) is 0. The van der Waals surface area contributed by atoms with Gasteiger partial charge in [0, 0.05) is 50.0 Å². The minimum atomic E-state index is -4.42. The number of hydrogen-bond acceptors (Lipinski definition) is 5. The first-order chi connectivity index (χ1) is 16.7. The zero-order valence-electron chi connectivity index (χ0n) is 19.2. The zero-order chi connectivity index (χ0) is 24.7. The number of nitrogens with two attached hydrogens (primary N) is 1. The van der Waals surface area contributed by atoms with E-state index in [0.29, 0.717) is 37.5 Å². The first-order valence-electron chi connectivity index (χ1n) is 12.0. The molecule has 188 valence electrons. The number of piperidine rings is 1. The Hall–Kier alpha value is -2.53. The summed E-state index contributed by atoms with van der Waals surface area (Å²) in [5.74, 6) is -0.200. The van der Waals surface area contributed by atoms with Crippen molar-refractivity contribution in [2.45, 2.75) is 56.2 Å². The minimum absolute atomic E-state index is 0.141. The van der Waals surface area contributed by atoms with E-state index in [9.17, 15) is 22.8 Å². The fraction of sp³-hybridized carbons (Fsp3) is 0.542. The topological polar surface area (TPSA) is 84.5 Å². The van der Waals surface area contributed by atoms with E-state index in [1.165, 1.54) is 12.1 Å². The van der Waals surface area contributed by atoms with Gasteiger partial charge in [-0.05, 0) is 43.7 Å². The van der Waals surface area contributed by atoms with Gasteiger partial charge >= 0.3 is 6.18 Å². The average Bonchev–Trinajstić information content (AvgIpc) is 3.37. The lowest BCUT2D eigenvalue weighted by Crippen LogP contribution is -2.33. The number of primary amides is 1. The van der Waals surface area contributed by atoms with Crippen LogP contribution in [0.15, 0.2) is 30.5 Å². The summed E-state index contributed by atoms with van der Waals surface area (Å²) in [4.78, 5) is 26.4. The van der Waals surface area contributed by atoms with Crippen molar-refractivity contribution < 1.29 is 22.8 Å². The van der Waals surface area contributed by atoms with E-state index in [0.717, 1.165) is 49.4 Å². The number of hydrogen-bond donors (Lipinski definition) is 1. The van der Waals surface area contributed by atoms with Gasteiger partial charge in [-0.1, -0.05) is 18.2 Å². The van der Waals surface area contributed by atoms with Crippen LogP contribution in [-0.2, 0) is 6.18 Å². The Morgan fingerprint density at radius 1 is 1.00 bits per heavy atom. The van der Waals surface area contributed by atoms with E-state index in [-0.39, 0.29) is 30.0 Å². The molecule has 2 aliphatic heterocycles. The maximum Gasteiger partial charge on any atom is 0.416 e. The van der Waals surface area contributed by atoms with Gasteiger partial charge < -0.3 is 10.6 Å². The highest BCUT2D eigenvalue weighted by atomic mass is 32.2. The summed E-state index contributed by atoms with van der Waals surface area (Å²) in [6.07, 6.45) is 1.33. The summed E-state index contributed by atoms with van der Waals surface area (Å²) in [5, 5.41) is 4.19.